The van der Waals surface area contributed by atoms with E-state index in [4.69, 9.17) is 23.2 Å². The minimum absolute atomic E-state index is 0.360. The third-order valence-corrected chi connectivity index (χ3v) is 3.73. The Balaban J connectivity index is 2.59. The first kappa shape index (κ1) is 14.1. The van der Waals surface area contributed by atoms with Gasteiger partial charge in [0.1, 0.15) is 6.07 Å². The number of allylic oxidation sites excluding steroid dienone is 1. The molecule has 0 radical (unpaired) electrons. The van der Waals surface area contributed by atoms with Crippen LogP contribution in [0.1, 0.15) is 11.1 Å². The second kappa shape index (κ2) is 6.21. The second-order valence-corrected chi connectivity index (χ2v) is 5.34. The predicted molar refractivity (Wildman–Crippen MR) is 81.7 cm³/mol. The third-order valence-electron chi connectivity index (χ3n) is 2.45. The Morgan fingerprint density at radius 3 is 2.68 bits per heavy atom. The molecule has 5 heteroatoms. The number of halogens is 3. The summed E-state index contributed by atoms with van der Waals surface area (Å²) in [5, 5.41) is 10.3. The largest absolute Gasteiger partial charge is 0.264 e. The number of pyridine rings is 1. The molecule has 0 atom stereocenters. The van der Waals surface area contributed by atoms with Gasteiger partial charge in [-0.1, -0.05) is 51.3 Å². The molecule has 1 heterocycles. The lowest BCUT2D eigenvalue weighted by Crippen LogP contribution is -1.88. The Morgan fingerprint density at radius 1 is 1.32 bits per heavy atom. The first-order chi connectivity index (χ1) is 9.13. The molecule has 0 saturated carbocycles. The summed E-state index contributed by atoms with van der Waals surface area (Å²) >= 11 is 15.6. The second-order valence-electron chi connectivity index (χ2n) is 3.67. The molecule has 0 saturated heterocycles. The molecule has 0 unspecified atom stereocenters. The van der Waals surface area contributed by atoms with Gasteiger partial charge in [-0.05, 0) is 18.2 Å². The van der Waals surface area contributed by atoms with Crippen molar-refractivity contribution in [3.63, 3.8) is 0 Å². The zero-order valence-corrected chi connectivity index (χ0v) is 12.7. The molecule has 2 aromatic rings. The van der Waals surface area contributed by atoms with Crippen LogP contribution in [0.25, 0.3) is 10.6 Å². The van der Waals surface area contributed by atoms with Crippen LogP contribution >= 0.6 is 39.1 Å². The molecular weight excluding hydrogens is 347 g/mol. The summed E-state index contributed by atoms with van der Waals surface area (Å²) in [6.07, 6.45) is 3.25. The first-order valence-electron chi connectivity index (χ1n) is 5.29. The minimum atomic E-state index is 0.360. The Kier molecular flexibility index (Phi) is 4.60. The zero-order chi connectivity index (χ0) is 13.8. The van der Waals surface area contributed by atoms with Crippen molar-refractivity contribution in [1.29, 1.82) is 5.26 Å². The van der Waals surface area contributed by atoms with Gasteiger partial charge >= 0.3 is 0 Å². The molecule has 2 rings (SSSR count). The van der Waals surface area contributed by atoms with Crippen molar-refractivity contribution in [3.05, 3.63) is 63.3 Å². The SMILES string of the molecule is N#C/C(=C(/Cl)c1ccc(Cl)cc1Br)c1cccnc1. The van der Waals surface area contributed by atoms with E-state index in [1.165, 1.54) is 0 Å². The van der Waals surface area contributed by atoms with Gasteiger partial charge in [0.25, 0.3) is 0 Å². The summed E-state index contributed by atoms with van der Waals surface area (Å²) < 4.78 is 0.738. The van der Waals surface area contributed by atoms with Crippen LogP contribution in [0.3, 0.4) is 0 Å². The van der Waals surface area contributed by atoms with E-state index in [0.29, 0.717) is 26.8 Å². The molecule has 2 nitrogen and oxygen atoms in total. The van der Waals surface area contributed by atoms with E-state index in [-0.39, 0.29) is 0 Å². The predicted octanol–water partition coefficient (Wildman–Crippen LogP) is 5.13. The van der Waals surface area contributed by atoms with E-state index in [2.05, 4.69) is 27.0 Å². The normalized spacial score (nSPS) is 11.7. The van der Waals surface area contributed by atoms with Crippen molar-refractivity contribution in [1.82, 2.24) is 4.98 Å². The summed E-state index contributed by atoms with van der Waals surface area (Å²) in [7, 11) is 0. The van der Waals surface area contributed by atoms with Crippen molar-refractivity contribution < 1.29 is 0 Å². The third kappa shape index (κ3) is 3.16. The molecule has 94 valence electrons. The van der Waals surface area contributed by atoms with Crippen LogP contribution in [0, 0.1) is 11.3 Å². The van der Waals surface area contributed by atoms with Gasteiger partial charge in [-0.15, -0.1) is 0 Å². The Morgan fingerprint density at radius 2 is 2.11 bits per heavy atom. The molecule has 0 aliphatic carbocycles. The average molecular weight is 354 g/mol. The minimum Gasteiger partial charge on any atom is -0.264 e. The van der Waals surface area contributed by atoms with E-state index >= 15 is 0 Å². The molecular formula is C14H7BrCl2N2. The summed E-state index contributed by atoms with van der Waals surface area (Å²) in [6.45, 7) is 0. The highest BCUT2D eigenvalue weighted by Gasteiger charge is 2.12. The maximum absolute atomic E-state index is 9.30. The van der Waals surface area contributed by atoms with Gasteiger partial charge in [0.15, 0.2) is 0 Å². The van der Waals surface area contributed by atoms with Gasteiger partial charge in [0.05, 0.1) is 10.6 Å². The van der Waals surface area contributed by atoms with Crippen molar-refractivity contribution in [2.24, 2.45) is 0 Å². The van der Waals surface area contributed by atoms with Crippen molar-refractivity contribution >= 4 is 49.7 Å². The first-order valence-corrected chi connectivity index (χ1v) is 6.84. The number of rotatable bonds is 2. The van der Waals surface area contributed by atoms with Crippen LogP contribution in [-0.4, -0.2) is 4.98 Å². The van der Waals surface area contributed by atoms with Gasteiger partial charge < -0.3 is 0 Å². The lowest BCUT2D eigenvalue weighted by atomic mass is 10.1. The van der Waals surface area contributed by atoms with E-state index < -0.39 is 0 Å². The van der Waals surface area contributed by atoms with Gasteiger partial charge in [-0.3, -0.25) is 4.98 Å². The Labute approximate surface area is 129 Å². The fourth-order valence-corrected chi connectivity index (χ4v) is 2.86. The van der Waals surface area contributed by atoms with Gasteiger partial charge in [0, 0.05) is 33.0 Å². The molecule has 19 heavy (non-hydrogen) atoms. The molecule has 0 bridgehead atoms. The lowest BCUT2D eigenvalue weighted by Gasteiger charge is -2.06. The number of nitriles is 1. The Hall–Kier alpha value is -1.34. The van der Waals surface area contributed by atoms with E-state index in [1.54, 1.807) is 42.7 Å². The molecule has 0 N–H and O–H groups in total. The summed E-state index contributed by atoms with van der Waals surface area (Å²) in [4.78, 5) is 3.99. The van der Waals surface area contributed by atoms with Gasteiger partial charge in [-0.2, -0.15) is 5.26 Å². The fourth-order valence-electron chi connectivity index (χ4n) is 1.55. The standard InChI is InChI=1S/C14H7BrCl2N2/c15-13-6-10(16)3-4-11(13)14(17)12(7-18)9-2-1-5-19-8-9/h1-6,8H/b14-12-. The number of hydrogen-bond donors (Lipinski definition) is 0. The maximum atomic E-state index is 9.30. The van der Waals surface area contributed by atoms with E-state index in [0.717, 1.165) is 4.47 Å². The molecule has 1 aromatic carbocycles. The van der Waals surface area contributed by atoms with Crippen LogP contribution < -0.4 is 0 Å². The maximum Gasteiger partial charge on any atom is 0.101 e. The van der Waals surface area contributed by atoms with Crippen LogP contribution in [0.5, 0.6) is 0 Å². The number of benzene rings is 1. The van der Waals surface area contributed by atoms with Crippen LogP contribution in [-0.2, 0) is 0 Å². The lowest BCUT2D eigenvalue weighted by molar-refractivity contribution is 1.31. The van der Waals surface area contributed by atoms with E-state index in [9.17, 15) is 5.26 Å². The highest BCUT2D eigenvalue weighted by atomic mass is 79.9. The molecule has 0 fully saturated rings. The smallest absolute Gasteiger partial charge is 0.101 e. The van der Waals surface area contributed by atoms with Crippen molar-refractivity contribution in [2.75, 3.05) is 0 Å². The summed E-state index contributed by atoms with van der Waals surface area (Å²) in [5.74, 6) is 0. The summed E-state index contributed by atoms with van der Waals surface area (Å²) in [5.41, 5.74) is 1.76. The fraction of sp³-hybridized carbons (Fsp3) is 0. The van der Waals surface area contributed by atoms with Crippen LogP contribution in [0.15, 0.2) is 47.2 Å². The van der Waals surface area contributed by atoms with E-state index in [1.807, 2.05) is 0 Å². The quantitative estimate of drug-likeness (QED) is 0.702. The Bertz CT molecular complexity index is 676. The van der Waals surface area contributed by atoms with Crippen LogP contribution in [0.2, 0.25) is 5.02 Å². The average Bonchev–Trinajstić information content (AvgIpc) is 2.40. The molecule has 0 amide bonds. The number of nitrogens with zero attached hydrogens (tertiary/aromatic N) is 2. The number of hydrogen-bond acceptors (Lipinski definition) is 2. The molecule has 1 aromatic heterocycles. The van der Waals surface area contributed by atoms with Crippen LogP contribution in [0.4, 0.5) is 0 Å². The van der Waals surface area contributed by atoms with Gasteiger partial charge in [0.2, 0.25) is 0 Å². The van der Waals surface area contributed by atoms with Crippen molar-refractivity contribution in [3.8, 4) is 6.07 Å². The molecule has 0 aliphatic rings. The summed E-state index contributed by atoms with van der Waals surface area (Å²) in [6, 6.07) is 10.9. The van der Waals surface area contributed by atoms with Crippen molar-refractivity contribution in [2.45, 2.75) is 0 Å². The molecule has 0 aliphatic heterocycles. The number of aromatic nitrogens is 1. The zero-order valence-electron chi connectivity index (χ0n) is 9.57. The monoisotopic (exact) mass is 352 g/mol. The molecule has 0 spiro atoms. The highest BCUT2D eigenvalue weighted by molar-refractivity contribution is 9.10. The topological polar surface area (TPSA) is 36.7 Å². The highest BCUT2D eigenvalue weighted by Crippen LogP contribution is 2.34. The van der Waals surface area contributed by atoms with Gasteiger partial charge in [-0.25, -0.2) is 0 Å².